The SMILES string of the molecule is CC1CCC(C(O)CC2CN(C)CCN2C)CC1C. The molecule has 112 valence electrons. The quantitative estimate of drug-likeness (QED) is 0.849. The summed E-state index contributed by atoms with van der Waals surface area (Å²) in [6.07, 6.45) is 4.58. The Bertz CT molecular complexity index is 284. The molecule has 0 bridgehead atoms. The number of rotatable bonds is 3. The maximum atomic E-state index is 10.6. The van der Waals surface area contributed by atoms with E-state index in [1.165, 1.54) is 19.3 Å². The minimum Gasteiger partial charge on any atom is -0.393 e. The van der Waals surface area contributed by atoms with E-state index in [0.717, 1.165) is 37.9 Å². The zero-order valence-electron chi connectivity index (χ0n) is 13.2. The summed E-state index contributed by atoms with van der Waals surface area (Å²) in [5.74, 6) is 2.15. The maximum absolute atomic E-state index is 10.6. The molecule has 5 unspecified atom stereocenters. The largest absolute Gasteiger partial charge is 0.393 e. The van der Waals surface area contributed by atoms with Crippen LogP contribution in [0.5, 0.6) is 0 Å². The molecule has 1 saturated heterocycles. The molecule has 3 nitrogen and oxygen atoms in total. The van der Waals surface area contributed by atoms with Crippen LogP contribution in [-0.2, 0) is 0 Å². The summed E-state index contributed by atoms with van der Waals surface area (Å²) in [6.45, 7) is 8.10. The highest BCUT2D eigenvalue weighted by molar-refractivity contribution is 4.86. The first kappa shape index (κ1) is 15.3. The monoisotopic (exact) mass is 268 g/mol. The van der Waals surface area contributed by atoms with E-state index in [1.807, 2.05) is 0 Å². The Kier molecular flexibility index (Phi) is 5.27. The average molecular weight is 268 g/mol. The molecular weight excluding hydrogens is 236 g/mol. The molecule has 0 radical (unpaired) electrons. The van der Waals surface area contributed by atoms with Gasteiger partial charge >= 0.3 is 0 Å². The molecular formula is C16H32N2O. The van der Waals surface area contributed by atoms with E-state index < -0.39 is 0 Å². The third-order valence-electron chi connectivity index (χ3n) is 5.68. The van der Waals surface area contributed by atoms with Gasteiger partial charge in [-0.1, -0.05) is 20.3 Å². The second kappa shape index (κ2) is 6.55. The van der Waals surface area contributed by atoms with Gasteiger partial charge in [0.05, 0.1) is 6.10 Å². The molecule has 1 saturated carbocycles. The molecule has 0 aromatic carbocycles. The molecule has 0 aromatic rings. The van der Waals surface area contributed by atoms with Crippen LogP contribution in [0.3, 0.4) is 0 Å². The van der Waals surface area contributed by atoms with Crippen LogP contribution >= 0.6 is 0 Å². The van der Waals surface area contributed by atoms with Crippen molar-refractivity contribution < 1.29 is 5.11 Å². The Balaban J connectivity index is 1.84. The van der Waals surface area contributed by atoms with Crippen molar-refractivity contribution in [1.82, 2.24) is 9.80 Å². The lowest BCUT2D eigenvalue weighted by Gasteiger charge is -2.41. The van der Waals surface area contributed by atoms with Gasteiger partial charge in [0.2, 0.25) is 0 Å². The van der Waals surface area contributed by atoms with Crippen molar-refractivity contribution in [3.05, 3.63) is 0 Å². The third kappa shape index (κ3) is 3.93. The molecule has 1 N–H and O–H groups in total. The predicted molar refractivity (Wildman–Crippen MR) is 80.2 cm³/mol. The van der Waals surface area contributed by atoms with Crippen molar-refractivity contribution in [2.45, 2.75) is 51.7 Å². The number of aliphatic hydroxyl groups is 1. The Hall–Kier alpha value is -0.120. The molecule has 0 spiro atoms. The molecule has 1 aliphatic carbocycles. The van der Waals surface area contributed by atoms with Crippen molar-refractivity contribution in [2.24, 2.45) is 17.8 Å². The third-order valence-corrected chi connectivity index (χ3v) is 5.68. The van der Waals surface area contributed by atoms with Gasteiger partial charge in [0, 0.05) is 25.7 Å². The Morgan fingerprint density at radius 2 is 1.84 bits per heavy atom. The van der Waals surface area contributed by atoms with Crippen LogP contribution in [0.1, 0.15) is 39.5 Å². The molecule has 3 heteroatoms. The number of hydrogen-bond acceptors (Lipinski definition) is 3. The van der Waals surface area contributed by atoms with Crippen LogP contribution in [0.4, 0.5) is 0 Å². The fourth-order valence-electron chi connectivity index (χ4n) is 3.77. The van der Waals surface area contributed by atoms with Crippen molar-refractivity contribution >= 4 is 0 Å². The lowest BCUT2D eigenvalue weighted by Crippen LogP contribution is -2.51. The number of piperazine rings is 1. The molecule has 19 heavy (non-hydrogen) atoms. The van der Waals surface area contributed by atoms with Gasteiger partial charge in [0.1, 0.15) is 0 Å². The van der Waals surface area contributed by atoms with Crippen molar-refractivity contribution in [3.63, 3.8) is 0 Å². The molecule has 5 atom stereocenters. The van der Waals surface area contributed by atoms with Gasteiger partial charge in [-0.05, 0) is 51.1 Å². The van der Waals surface area contributed by atoms with Gasteiger partial charge in [-0.25, -0.2) is 0 Å². The molecule has 1 aliphatic heterocycles. The van der Waals surface area contributed by atoms with E-state index in [2.05, 4.69) is 37.7 Å². The summed E-state index contributed by atoms with van der Waals surface area (Å²) in [6, 6.07) is 0.531. The van der Waals surface area contributed by atoms with Crippen LogP contribution in [-0.4, -0.2) is 60.8 Å². The van der Waals surface area contributed by atoms with E-state index in [1.54, 1.807) is 0 Å². The van der Waals surface area contributed by atoms with Gasteiger partial charge in [-0.2, -0.15) is 0 Å². The first-order valence-electron chi connectivity index (χ1n) is 8.04. The van der Waals surface area contributed by atoms with Crippen LogP contribution in [0.15, 0.2) is 0 Å². The van der Waals surface area contributed by atoms with Crippen LogP contribution < -0.4 is 0 Å². The number of hydrogen-bond donors (Lipinski definition) is 1. The lowest BCUT2D eigenvalue weighted by molar-refractivity contribution is 0.0134. The van der Waals surface area contributed by atoms with Crippen molar-refractivity contribution in [3.8, 4) is 0 Å². The van der Waals surface area contributed by atoms with E-state index in [-0.39, 0.29) is 6.10 Å². The summed E-state index contributed by atoms with van der Waals surface area (Å²) < 4.78 is 0. The summed E-state index contributed by atoms with van der Waals surface area (Å²) >= 11 is 0. The summed E-state index contributed by atoms with van der Waals surface area (Å²) in [4.78, 5) is 4.82. The van der Waals surface area contributed by atoms with Gasteiger partial charge in [-0.15, -0.1) is 0 Å². The molecule has 0 amide bonds. The van der Waals surface area contributed by atoms with Crippen LogP contribution in [0.2, 0.25) is 0 Å². The normalized spacial score (nSPS) is 40.3. The fraction of sp³-hybridized carbons (Fsp3) is 1.00. The Morgan fingerprint density at radius 3 is 2.53 bits per heavy atom. The van der Waals surface area contributed by atoms with Crippen LogP contribution in [0, 0.1) is 17.8 Å². The zero-order valence-corrected chi connectivity index (χ0v) is 13.2. The van der Waals surface area contributed by atoms with Gasteiger partial charge in [0.15, 0.2) is 0 Å². The minimum atomic E-state index is -0.103. The van der Waals surface area contributed by atoms with E-state index >= 15 is 0 Å². The highest BCUT2D eigenvalue weighted by atomic mass is 16.3. The first-order chi connectivity index (χ1) is 8.97. The molecule has 0 aromatic heterocycles. The summed E-state index contributed by atoms with van der Waals surface area (Å²) in [7, 11) is 4.40. The highest BCUT2D eigenvalue weighted by Crippen LogP contribution is 2.36. The van der Waals surface area contributed by atoms with Gasteiger partial charge in [0.25, 0.3) is 0 Å². The summed E-state index contributed by atoms with van der Waals surface area (Å²) in [5.41, 5.74) is 0. The average Bonchev–Trinajstić information content (AvgIpc) is 2.37. The number of aliphatic hydroxyl groups excluding tert-OH is 1. The highest BCUT2D eigenvalue weighted by Gasteiger charge is 2.32. The second-order valence-electron chi connectivity index (χ2n) is 7.23. The van der Waals surface area contributed by atoms with E-state index in [0.29, 0.717) is 12.0 Å². The van der Waals surface area contributed by atoms with E-state index in [9.17, 15) is 5.11 Å². The van der Waals surface area contributed by atoms with E-state index in [4.69, 9.17) is 0 Å². The topological polar surface area (TPSA) is 26.7 Å². The van der Waals surface area contributed by atoms with Crippen molar-refractivity contribution in [1.29, 1.82) is 0 Å². The van der Waals surface area contributed by atoms with Gasteiger partial charge in [-0.3, -0.25) is 0 Å². The van der Waals surface area contributed by atoms with Gasteiger partial charge < -0.3 is 14.9 Å². The lowest BCUT2D eigenvalue weighted by atomic mass is 9.73. The standard InChI is InChI=1S/C16H32N2O/c1-12-5-6-14(9-13(12)2)16(19)10-15-11-17(3)7-8-18(15)4/h12-16,19H,5-11H2,1-4H3. The number of nitrogens with zero attached hydrogens (tertiary/aromatic N) is 2. The summed E-state index contributed by atoms with van der Waals surface area (Å²) in [5, 5.41) is 10.6. The first-order valence-corrected chi connectivity index (χ1v) is 8.04. The zero-order chi connectivity index (χ0) is 14.0. The Morgan fingerprint density at radius 1 is 1.11 bits per heavy atom. The minimum absolute atomic E-state index is 0.103. The molecule has 1 heterocycles. The predicted octanol–water partition coefficient (Wildman–Crippen LogP) is 2.06. The molecule has 2 fully saturated rings. The van der Waals surface area contributed by atoms with Crippen molar-refractivity contribution in [2.75, 3.05) is 33.7 Å². The van der Waals surface area contributed by atoms with Crippen LogP contribution in [0.25, 0.3) is 0 Å². The fourth-order valence-corrected chi connectivity index (χ4v) is 3.77. The maximum Gasteiger partial charge on any atom is 0.0583 e. The molecule has 2 aliphatic rings. The molecule has 2 rings (SSSR count). The Labute approximate surface area is 119 Å². The smallest absolute Gasteiger partial charge is 0.0583 e. The second-order valence-corrected chi connectivity index (χ2v) is 7.23. The number of likely N-dealkylation sites (N-methyl/N-ethyl adjacent to an activating group) is 2.